The van der Waals surface area contributed by atoms with Crippen LogP contribution in [0, 0.1) is 0 Å². The van der Waals surface area contributed by atoms with Crippen molar-refractivity contribution in [1.29, 1.82) is 0 Å². The first-order valence-electron chi connectivity index (χ1n) is 11.6. The smallest absolute Gasteiger partial charge is 0.232 e. The molecule has 0 atom stereocenters. The Balaban J connectivity index is 1.33. The monoisotopic (exact) mass is 488 g/mol. The number of nitrogens with zero attached hydrogens (tertiary/aromatic N) is 3. The minimum Gasteiger partial charge on any atom is -0.494 e. The highest BCUT2D eigenvalue weighted by Crippen LogP contribution is 2.38. The molecule has 0 spiro atoms. The molecule has 3 heterocycles. The number of Topliss-reactive ketones (excluding diaryl/α,β-unsaturated/α-hetero) is 1. The zero-order valence-corrected chi connectivity index (χ0v) is 20.1. The van der Waals surface area contributed by atoms with Crippen LogP contribution in [0.5, 0.6) is 17.4 Å². The molecular weight excluding hydrogens is 464 g/mol. The number of anilines is 3. The number of carbonyl (C=O) groups excluding carboxylic acids is 1. The lowest BCUT2D eigenvalue weighted by Crippen LogP contribution is -2.36. The Kier molecular flexibility index (Phi) is 5.71. The maximum atomic E-state index is 12.5. The van der Waals surface area contributed by atoms with Crippen LogP contribution in [0.25, 0.3) is 10.2 Å². The molecular formula is C26H24N4O4S. The molecule has 2 aromatic carbocycles. The van der Waals surface area contributed by atoms with Crippen LogP contribution in [-0.4, -0.2) is 49.2 Å². The van der Waals surface area contributed by atoms with Gasteiger partial charge >= 0.3 is 0 Å². The standard InChI is InChI=1S/C26H24N4O4S/c1-32-22-15-17(30-10-12-33-13-11-30)6-7-19(22)27-26-28-24(18-9-14-35-25(18)29-26)34-21-4-2-3-16-5-8-20(31)23(16)21/h2-4,6-7,9,14-15H,5,8,10-13H2,1H3,(H,27,28,29). The molecule has 4 aromatic rings. The van der Waals surface area contributed by atoms with Crippen molar-refractivity contribution in [2.45, 2.75) is 12.8 Å². The molecule has 0 radical (unpaired) electrons. The van der Waals surface area contributed by atoms with Crippen LogP contribution in [0.2, 0.25) is 0 Å². The molecule has 178 valence electrons. The second kappa shape index (κ2) is 9.16. The number of aryl methyl sites for hydroxylation is 1. The second-order valence-corrected chi connectivity index (χ2v) is 9.31. The lowest BCUT2D eigenvalue weighted by molar-refractivity contribution is 0.0992. The zero-order chi connectivity index (χ0) is 23.8. The van der Waals surface area contributed by atoms with Crippen LogP contribution in [-0.2, 0) is 11.2 Å². The van der Waals surface area contributed by atoms with Crippen molar-refractivity contribution < 1.29 is 19.0 Å². The van der Waals surface area contributed by atoms with E-state index in [4.69, 9.17) is 14.2 Å². The fourth-order valence-electron chi connectivity index (χ4n) is 4.55. The van der Waals surface area contributed by atoms with Gasteiger partial charge in [0.2, 0.25) is 11.8 Å². The van der Waals surface area contributed by atoms with Gasteiger partial charge in [0.05, 0.1) is 37.0 Å². The Morgan fingerprint density at radius 3 is 2.80 bits per heavy atom. The number of ether oxygens (including phenoxy) is 3. The summed E-state index contributed by atoms with van der Waals surface area (Å²) in [5, 5.41) is 6.05. The van der Waals surface area contributed by atoms with E-state index in [1.165, 1.54) is 11.3 Å². The molecule has 1 saturated heterocycles. The number of methoxy groups -OCH3 is 1. The van der Waals surface area contributed by atoms with Crippen molar-refractivity contribution >= 4 is 44.7 Å². The number of hydrogen-bond donors (Lipinski definition) is 1. The maximum absolute atomic E-state index is 12.5. The van der Waals surface area contributed by atoms with E-state index in [-0.39, 0.29) is 5.78 Å². The minimum absolute atomic E-state index is 0.106. The van der Waals surface area contributed by atoms with E-state index in [0.717, 1.165) is 59.9 Å². The van der Waals surface area contributed by atoms with Crippen molar-refractivity contribution in [3.8, 4) is 17.4 Å². The van der Waals surface area contributed by atoms with Gasteiger partial charge in [-0.25, -0.2) is 4.98 Å². The summed E-state index contributed by atoms with van der Waals surface area (Å²) in [6.45, 7) is 3.13. The number of morpholine rings is 1. The summed E-state index contributed by atoms with van der Waals surface area (Å²) in [7, 11) is 1.65. The number of rotatable bonds is 6. The number of benzene rings is 2. The zero-order valence-electron chi connectivity index (χ0n) is 19.2. The Morgan fingerprint density at radius 1 is 1.06 bits per heavy atom. The van der Waals surface area contributed by atoms with Crippen LogP contribution in [0.3, 0.4) is 0 Å². The van der Waals surface area contributed by atoms with Gasteiger partial charge in [-0.3, -0.25) is 4.79 Å². The largest absolute Gasteiger partial charge is 0.494 e. The highest BCUT2D eigenvalue weighted by Gasteiger charge is 2.25. The number of hydrogen-bond acceptors (Lipinski definition) is 9. The summed E-state index contributed by atoms with van der Waals surface area (Å²) in [4.78, 5) is 24.9. The Bertz CT molecular complexity index is 1410. The van der Waals surface area contributed by atoms with E-state index in [1.54, 1.807) is 7.11 Å². The SMILES string of the molecule is COc1cc(N2CCOCC2)ccc1Nc1nc(Oc2cccc3c2C(=O)CC3)c2ccsc2n1. The molecule has 0 amide bonds. The summed E-state index contributed by atoms with van der Waals surface area (Å²) >= 11 is 1.51. The average molecular weight is 489 g/mol. The molecule has 6 rings (SSSR count). The molecule has 2 aliphatic rings. The molecule has 1 aliphatic heterocycles. The number of fused-ring (bicyclic) bond motifs is 2. The number of aromatic nitrogens is 2. The van der Waals surface area contributed by atoms with Crippen molar-refractivity contribution in [2.75, 3.05) is 43.6 Å². The summed E-state index contributed by atoms with van der Waals surface area (Å²) in [6, 6.07) is 13.7. The number of ketones is 1. The number of thiophene rings is 1. The van der Waals surface area contributed by atoms with Gasteiger partial charge in [0.25, 0.3) is 0 Å². The van der Waals surface area contributed by atoms with E-state index < -0.39 is 0 Å². The molecule has 1 aliphatic carbocycles. The van der Waals surface area contributed by atoms with E-state index in [1.807, 2.05) is 41.8 Å². The van der Waals surface area contributed by atoms with E-state index in [2.05, 4.69) is 26.3 Å². The Morgan fingerprint density at radius 2 is 1.94 bits per heavy atom. The average Bonchev–Trinajstić information content (AvgIpc) is 3.52. The van der Waals surface area contributed by atoms with Crippen LogP contribution in [0.15, 0.2) is 47.8 Å². The summed E-state index contributed by atoms with van der Waals surface area (Å²) in [5.41, 5.74) is 3.51. The van der Waals surface area contributed by atoms with Crippen LogP contribution < -0.4 is 19.7 Å². The van der Waals surface area contributed by atoms with Gasteiger partial charge in [-0.1, -0.05) is 12.1 Å². The van der Waals surface area contributed by atoms with Crippen LogP contribution in [0.4, 0.5) is 17.3 Å². The molecule has 1 N–H and O–H groups in total. The highest BCUT2D eigenvalue weighted by atomic mass is 32.1. The third kappa shape index (κ3) is 4.17. The Hall–Kier alpha value is -3.69. The van der Waals surface area contributed by atoms with E-state index in [0.29, 0.717) is 35.3 Å². The van der Waals surface area contributed by atoms with Crippen LogP contribution in [0.1, 0.15) is 22.3 Å². The predicted molar refractivity (Wildman–Crippen MR) is 136 cm³/mol. The predicted octanol–water partition coefficient (Wildman–Crippen LogP) is 5.20. The highest BCUT2D eigenvalue weighted by molar-refractivity contribution is 7.16. The third-order valence-electron chi connectivity index (χ3n) is 6.32. The van der Waals surface area contributed by atoms with Gasteiger partial charge in [0, 0.05) is 31.3 Å². The lowest BCUT2D eigenvalue weighted by atomic mass is 10.1. The van der Waals surface area contributed by atoms with Crippen molar-refractivity contribution in [3.05, 3.63) is 59.0 Å². The molecule has 2 aromatic heterocycles. The normalized spacial score (nSPS) is 15.3. The van der Waals surface area contributed by atoms with Gasteiger partial charge in [0.15, 0.2) is 5.78 Å². The molecule has 0 saturated carbocycles. The molecule has 1 fully saturated rings. The van der Waals surface area contributed by atoms with Crippen LogP contribution >= 0.6 is 11.3 Å². The van der Waals surface area contributed by atoms with Gasteiger partial charge in [-0.15, -0.1) is 11.3 Å². The Labute approximate surface area is 206 Å². The van der Waals surface area contributed by atoms with Crippen molar-refractivity contribution in [1.82, 2.24) is 9.97 Å². The topological polar surface area (TPSA) is 85.8 Å². The van der Waals surface area contributed by atoms with E-state index >= 15 is 0 Å². The minimum atomic E-state index is 0.106. The van der Waals surface area contributed by atoms with Gasteiger partial charge in [0.1, 0.15) is 16.3 Å². The fraction of sp³-hybridized carbons (Fsp3) is 0.269. The van der Waals surface area contributed by atoms with Crippen molar-refractivity contribution in [2.24, 2.45) is 0 Å². The first kappa shape index (κ1) is 21.8. The summed E-state index contributed by atoms with van der Waals surface area (Å²) in [6.07, 6.45) is 1.26. The molecule has 35 heavy (non-hydrogen) atoms. The van der Waals surface area contributed by atoms with Gasteiger partial charge in [-0.2, -0.15) is 4.98 Å². The van der Waals surface area contributed by atoms with Crippen molar-refractivity contribution in [3.63, 3.8) is 0 Å². The molecule has 9 heteroatoms. The fourth-order valence-corrected chi connectivity index (χ4v) is 5.30. The molecule has 0 bridgehead atoms. The van der Waals surface area contributed by atoms with E-state index in [9.17, 15) is 4.79 Å². The summed E-state index contributed by atoms with van der Waals surface area (Å²) in [5.74, 6) is 2.14. The first-order valence-corrected chi connectivity index (χ1v) is 12.4. The molecule has 0 unspecified atom stereocenters. The van der Waals surface area contributed by atoms with Gasteiger partial charge in [-0.05, 0) is 41.6 Å². The molecule has 8 nitrogen and oxygen atoms in total. The summed E-state index contributed by atoms with van der Waals surface area (Å²) < 4.78 is 17.4. The quantitative estimate of drug-likeness (QED) is 0.396. The number of carbonyl (C=O) groups is 1. The van der Waals surface area contributed by atoms with Gasteiger partial charge < -0.3 is 24.4 Å². The second-order valence-electron chi connectivity index (χ2n) is 8.42. The maximum Gasteiger partial charge on any atom is 0.232 e. The first-order chi connectivity index (χ1) is 17.2. The lowest BCUT2D eigenvalue weighted by Gasteiger charge is -2.29. The number of nitrogens with one attached hydrogen (secondary N) is 1. The third-order valence-corrected chi connectivity index (χ3v) is 7.12.